The van der Waals surface area contributed by atoms with E-state index in [0.717, 1.165) is 6.16 Å². The summed E-state index contributed by atoms with van der Waals surface area (Å²) < 4.78 is 0. The Morgan fingerprint density at radius 2 is 0.867 bits per heavy atom. The van der Waals surface area contributed by atoms with E-state index in [1.807, 2.05) is 0 Å². The van der Waals surface area contributed by atoms with Crippen molar-refractivity contribution in [3.63, 3.8) is 0 Å². The van der Waals surface area contributed by atoms with Gasteiger partial charge in [0.1, 0.15) is 0 Å². The first-order chi connectivity index (χ1) is 14.6. The first-order valence-corrected chi connectivity index (χ1v) is 11.9. The van der Waals surface area contributed by atoms with E-state index in [1.165, 1.54) is 21.5 Å². The first-order valence-electron chi connectivity index (χ1n) is 9.66. The van der Waals surface area contributed by atoms with E-state index >= 15 is 0 Å². The van der Waals surface area contributed by atoms with Crippen molar-refractivity contribution in [2.24, 2.45) is 0 Å². The van der Waals surface area contributed by atoms with Gasteiger partial charge in [-0.3, -0.25) is 0 Å². The molecule has 152 valence electrons. The van der Waals surface area contributed by atoms with E-state index in [-0.39, 0.29) is 0 Å². The van der Waals surface area contributed by atoms with Crippen LogP contribution in [0.2, 0.25) is 0 Å². The summed E-state index contributed by atoms with van der Waals surface area (Å²) in [7, 11) is -2.16. The molecule has 0 saturated heterocycles. The zero-order valence-electron chi connectivity index (χ0n) is 16.5. The zero-order valence-corrected chi connectivity index (χ0v) is 17.5. The van der Waals surface area contributed by atoms with E-state index in [0.29, 0.717) is 0 Å². The van der Waals surface area contributed by atoms with Crippen molar-refractivity contribution in [2.45, 2.75) is 6.16 Å². The second-order valence-electron chi connectivity index (χ2n) is 6.90. The van der Waals surface area contributed by atoms with Crippen molar-refractivity contribution in [3.05, 3.63) is 137 Å². The zero-order chi connectivity index (χ0) is 21.2. The van der Waals surface area contributed by atoms with Crippen molar-refractivity contribution < 1.29 is 10.3 Å². The van der Waals surface area contributed by atoms with Crippen molar-refractivity contribution in [3.8, 4) is 0 Å². The summed E-state index contributed by atoms with van der Waals surface area (Å²) in [6, 6.07) is 44.2. The van der Waals surface area contributed by atoms with Gasteiger partial charge in [-0.1, -0.05) is 0 Å². The molecule has 30 heavy (non-hydrogen) atoms. The van der Waals surface area contributed by atoms with E-state index < -0.39 is 12.3 Å². The molecule has 4 aromatic rings. The van der Waals surface area contributed by atoms with Crippen LogP contribution >= 0.6 is 7.26 Å². The summed E-state index contributed by atoms with van der Waals surface area (Å²) in [5.41, 5.74) is 1.40. The van der Waals surface area contributed by atoms with Gasteiger partial charge in [0.25, 0.3) is 5.09 Å². The van der Waals surface area contributed by atoms with Crippen LogP contribution in [0.1, 0.15) is 5.56 Å². The van der Waals surface area contributed by atoms with Gasteiger partial charge in [-0.15, -0.1) is 10.1 Å². The van der Waals surface area contributed by atoms with Crippen LogP contribution in [0.25, 0.3) is 0 Å². The fraction of sp³-hybridized carbons (Fsp3) is 0.0400. The molecule has 0 heterocycles. The van der Waals surface area contributed by atoms with Crippen LogP contribution in [0.5, 0.6) is 0 Å². The minimum atomic E-state index is -2.16. The fourth-order valence-corrected chi connectivity index (χ4v) is 8.62. The molecule has 0 aliphatic carbocycles. The maximum atomic E-state index is 8.36. The monoisotopic (exact) mass is 417 g/mol. The number of hydrogen-bond donors (Lipinski definition) is 1. The van der Waals surface area contributed by atoms with Gasteiger partial charge < -0.3 is 5.21 Å². The number of benzene rings is 4. The van der Waals surface area contributed by atoms with E-state index in [9.17, 15) is 0 Å². The molecule has 0 saturated carbocycles. The van der Waals surface area contributed by atoms with Crippen molar-refractivity contribution >= 4 is 23.2 Å². The van der Waals surface area contributed by atoms with Gasteiger partial charge in [-0.2, -0.15) is 0 Å². The Morgan fingerprint density at radius 3 is 1.17 bits per heavy atom. The van der Waals surface area contributed by atoms with Crippen molar-refractivity contribution in [1.82, 2.24) is 0 Å². The number of rotatable bonds is 5. The second-order valence-corrected chi connectivity index (χ2v) is 10.8. The van der Waals surface area contributed by atoms with Crippen LogP contribution in [0, 0.1) is 10.1 Å². The fourth-order valence-electron chi connectivity index (χ4n) is 3.88. The minimum absolute atomic E-state index is 1.06. The first kappa shape index (κ1) is 21.2. The van der Waals surface area contributed by atoms with Crippen LogP contribution in [0.4, 0.5) is 0 Å². The molecule has 0 aliphatic rings. The summed E-state index contributed by atoms with van der Waals surface area (Å²) in [5.74, 6) is 0. The quantitative estimate of drug-likeness (QED) is 0.294. The predicted octanol–water partition coefficient (Wildman–Crippen LogP) is 4.57. The summed E-state index contributed by atoms with van der Waals surface area (Å²) in [5, 5.41) is 18.0. The molecule has 5 heteroatoms. The van der Waals surface area contributed by atoms with Crippen LogP contribution in [-0.4, -0.2) is 10.3 Å². The molecule has 0 aliphatic heterocycles. The maximum absolute atomic E-state index is 8.36. The second kappa shape index (κ2) is 10.3. The molecule has 0 unspecified atom stereocenters. The molecule has 0 aromatic heterocycles. The molecule has 0 fully saturated rings. The SMILES string of the molecule is O=[N+]([O-])O.c1ccc(C[PH](c2ccccc2)(c2ccccc2)c2ccccc2)cc1. The Balaban J connectivity index is 0.000000589. The summed E-state index contributed by atoms with van der Waals surface area (Å²) in [6.07, 6.45) is 1.06. The van der Waals surface area contributed by atoms with E-state index in [4.69, 9.17) is 15.3 Å². The standard InChI is InChI=1S/C25H23P.HNO3/c1-5-13-22(14-6-1)21-26(23-15-7-2-8-16-23,24-17-9-3-10-18-24)25-19-11-4-12-20-25;2-1(3)4/h1-20,26H,21H2;(H,2,3,4). The number of nitrogens with zero attached hydrogens (tertiary/aromatic N) is 1. The topological polar surface area (TPSA) is 63.4 Å². The molecule has 4 aromatic carbocycles. The van der Waals surface area contributed by atoms with Crippen molar-refractivity contribution in [2.75, 3.05) is 0 Å². The summed E-state index contributed by atoms with van der Waals surface area (Å²) in [6.45, 7) is 0. The average molecular weight is 417 g/mol. The third-order valence-corrected chi connectivity index (χ3v) is 10.0. The van der Waals surface area contributed by atoms with Gasteiger partial charge in [0.2, 0.25) is 0 Å². The average Bonchev–Trinajstić information content (AvgIpc) is 2.80. The molecular weight excluding hydrogens is 393 g/mol. The van der Waals surface area contributed by atoms with Gasteiger partial charge >= 0.3 is 156 Å². The Bertz CT molecular complexity index is 942. The molecule has 0 radical (unpaired) electrons. The van der Waals surface area contributed by atoms with E-state index in [1.54, 1.807) is 0 Å². The van der Waals surface area contributed by atoms with Crippen LogP contribution in [-0.2, 0) is 6.16 Å². The molecule has 1 N–H and O–H groups in total. The van der Waals surface area contributed by atoms with Crippen LogP contribution in [0.15, 0.2) is 121 Å². The van der Waals surface area contributed by atoms with Gasteiger partial charge in [-0.25, -0.2) is 0 Å². The Hall–Kier alpha value is -3.49. The normalized spacial score (nSPS) is 11.1. The van der Waals surface area contributed by atoms with Gasteiger partial charge in [0, 0.05) is 0 Å². The molecule has 4 rings (SSSR count). The Labute approximate surface area is 176 Å². The molecule has 0 bridgehead atoms. The molecule has 0 spiro atoms. The number of hydrogen-bond acceptors (Lipinski definition) is 2. The molecule has 4 nitrogen and oxygen atoms in total. The Kier molecular flexibility index (Phi) is 7.31. The van der Waals surface area contributed by atoms with E-state index in [2.05, 4.69) is 121 Å². The Morgan fingerprint density at radius 1 is 0.600 bits per heavy atom. The van der Waals surface area contributed by atoms with Crippen molar-refractivity contribution in [1.29, 1.82) is 0 Å². The third-order valence-electron chi connectivity index (χ3n) is 5.11. The summed E-state index contributed by atoms with van der Waals surface area (Å²) >= 11 is 0. The molecular formula is C25H24NO3P. The molecule has 0 amide bonds. The summed E-state index contributed by atoms with van der Waals surface area (Å²) in [4.78, 5) is 8.36. The molecule has 0 atom stereocenters. The van der Waals surface area contributed by atoms with Gasteiger partial charge in [0.15, 0.2) is 0 Å². The third kappa shape index (κ3) is 5.11. The van der Waals surface area contributed by atoms with Gasteiger partial charge in [-0.05, 0) is 0 Å². The van der Waals surface area contributed by atoms with Gasteiger partial charge in [0.05, 0.1) is 0 Å². The van der Waals surface area contributed by atoms with Crippen LogP contribution in [0.3, 0.4) is 0 Å². The predicted molar refractivity (Wildman–Crippen MR) is 125 cm³/mol. The van der Waals surface area contributed by atoms with Crippen LogP contribution < -0.4 is 15.9 Å².